The van der Waals surface area contributed by atoms with E-state index in [1.54, 1.807) is 0 Å². The first-order chi connectivity index (χ1) is 5.60. The highest BCUT2D eigenvalue weighted by molar-refractivity contribution is 7.87. The van der Waals surface area contributed by atoms with Crippen molar-refractivity contribution in [2.45, 2.75) is 11.4 Å². The van der Waals surface area contributed by atoms with Crippen LogP contribution in [0.2, 0.25) is 0 Å². The first-order valence-corrected chi connectivity index (χ1v) is 4.13. The van der Waals surface area contributed by atoms with Crippen molar-refractivity contribution in [2.24, 2.45) is 0 Å². The van der Waals surface area contributed by atoms with E-state index in [0.29, 0.717) is 7.11 Å². The lowest BCUT2D eigenvalue weighted by molar-refractivity contribution is -0.166. The maximum absolute atomic E-state index is 11.9. The zero-order valence-corrected chi connectivity index (χ0v) is 6.95. The van der Waals surface area contributed by atoms with Gasteiger partial charge in [0.25, 0.3) is 5.25 Å². The molecule has 0 bridgehead atoms. The lowest BCUT2D eigenvalue weighted by atomic mass is 10.4. The summed E-state index contributed by atoms with van der Waals surface area (Å²) in [5.41, 5.74) is 0. The molecule has 0 saturated carbocycles. The fourth-order valence-electron chi connectivity index (χ4n) is 0.515. The first kappa shape index (κ1) is 12.1. The van der Waals surface area contributed by atoms with Crippen LogP contribution in [0.25, 0.3) is 0 Å². The topological polar surface area (TPSA) is 60.4 Å². The summed E-state index contributed by atoms with van der Waals surface area (Å²) >= 11 is 0. The van der Waals surface area contributed by atoms with Gasteiger partial charge < -0.3 is 4.74 Å². The maximum atomic E-state index is 11.9. The number of hydrogen-bond donors (Lipinski definition) is 0. The summed E-state index contributed by atoms with van der Waals surface area (Å²) in [6.07, 6.45) is -5.51. The summed E-state index contributed by atoms with van der Waals surface area (Å²) in [6, 6.07) is 0. The normalized spacial score (nSPS) is 15.2. The molecule has 78 valence electrons. The van der Waals surface area contributed by atoms with Gasteiger partial charge in [0.1, 0.15) is 0 Å². The standard InChI is InChI=1S/C4H4F4O4S/c1-12-3(9)2(4(5,6)7)13(8,10)11/h2H,1H3. The molecule has 9 heteroatoms. The van der Waals surface area contributed by atoms with Gasteiger partial charge in [-0.1, -0.05) is 0 Å². The van der Waals surface area contributed by atoms with Crippen molar-refractivity contribution < 1.29 is 35.0 Å². The van der Waals surface area contributed by atoms with E-state index in [2.05, 4.69) is 4.74 Å². The van der Waals surface area contributed by atoms with Crippen molar-refractivity contribution in [3.63, 3.8) is 0 Å². The van der Waals surface area contributed by atoms with Gasteiger partial charge in [-0.15, -0.1) is 3.89 Å². The lowest BCUT2D eigenvalue weighted by Crippen LogP contribution is -2.42. The van der Waals surface area contributed by atoms with Crippen LogP contribution >= 0.6 is 0 Å². The maximum Gasteiger partial charge on any atom is 0.418 e. The number of methoxy groups -OCH3 is 1. The molecule has 0 rings (SSSR count). The third-order valence-electron chi connectivity index (χ3n) is 0.994. The van der Waals surface area contributed by atoms with Gasteiger partial charge in [0.2, 0.25) is 0 Å². The fourth-order valence-corrected chi connectivity index (χ4v) is 1.16. The minimum Gasteiger partial charge on any atom is -0.468 e. The molecule has 1 atom stereocenters. The Balaban J connectivity index is 5.14. The molecule has 0 aliphatic carbocycles. The summed E-state index contributed by atoms with van der Waals surface area (Å²) in [6.45, 7) is 0. The van der Waals surface area contributed by atoms with Gasteiger partial charge in [-0.3, -0.25) is 4.79 Å². The summed E-state index contributed by atoms with van der Waals surface area (Å²) in [4.78, 5) is 10.2. The van der Waals surface area contributed by atoms with Crippen molar-refractivity contribution in [3.8, 4) is 0 Å². The quantitative estimate of drug-likeness (QED) is 0.386. The molecule has 0 aliphatic rings. The van der Waals surface area contributed by atoms with Crippen molar-refractivity contribution in [3.05, 3.63) is 0 Å². The Morgan fingerprint density at radius 3 is 1.85 bits per heavy atom. The second kappa shape index (κ2) is 3.48. The minimum atomic E-state index is -6.03. The molecular weight excluding hydrogens is 220 g/mol. The molecule has 0 aliphatic heterocycles. The molecule has 0 radical (unpaired) electrons. The highest BCUT2D eigenvalue weighted by atomic mass is 32.3. The Hall–Kier alpha value is -0.860. The number of esters is 1. The Kier molecular flexibility index (Phi) is 3.25. The molecule has 0 aromatic carbocycles. The minimum absolute atomic E-state index is 0.520. The number of hydrogen-bond acceptors (Lipinski definition) is 4. The lowest BCUT2D eigenvalue weighted by Gasteiger charge is -2.13. The number of alkyl halides is 3. The van der Waals surface area contributed by atoms with Crippen LogP contribution in [0.15, 0.2) is 0 Å². The van der Waals surface area contributed by atoms with Gasteiger partial charge in [0, 0.05) is 0 Å². The number of carbonyl (C=O) groups is 1. The van der Waals surface area contributed by atoms with Gasteiger partial charge >= 0.3 is 22.4 Å². The molecule has 0 heterocycles. The van der Waals surface area contributed by atoms with Crippen molar-refractivity contribution in [2.75, 3.05) is 7.11 Å². The molecule has 0 aromatic rings. The van der Waals surface area contributed by atoms with Crippen LogP contribution in [0.5, 0.6) is 0 Å². The smallest absolute Gasteiger partial charge is 0.418 e. The molecule has 0 amide bonds. The van der Waals surface area contributed by atoms with Crippen molar-refractivity contribution in [1.82, 2.24) is 0 Å². The molecule has 0 aromatic heterocycles. The zero-order valence-electron chi connectivity index (χ0n) is 6.13. The first-order valence-electron chi connectivity index (χ1n) is 2.68. The van der Waals surface area contributed by atoms with Crippen LogP contribution in [0.4, 0.5) is 17.1 Å². The average molecular weight is 224 g/mol. The third-order valence-corrected chi connectivity index (χ3v) is 2.02. The molecule has 0 saturated heterocycles. The molecule has 1 unspecified atom stereocenters. The van der Waals surface area contributed by atoms with Gasteiger partial charge in [-0.05, 0) is 0 Å². The van der Waals surface area contributed by atoms with E-state index < -0.39 is 27.6 Å². The highest BCUT2D eigenvalue weighted by Crippen LogP contribution is 2.27. The van der Waals surface area contributed by atoms with E-state index >= 15 is 0 Å². The summed E-state index contributed by atoms with van der Waals surface area (Å²) in [5.74, 6) is -2.20. The predicted molar refractivity (Wildman–Crippen MR) is 31.9 cm³/mol. The average Bonchev–Trinajstić information content (AvgIpc) is 1.80. The van der Waals surface area contributed by atoms with Crippen LogP contribution in [-0.2, 0) is 19.8 Å². The fraction of sp³-hybridized carbons (Fsp3) is 0.750. The zero-order chi connectivity index (χ0) is 10.9. The molecule has 4 nitrogen and oxygen atoms in total. The number of carbonyl (C=O) groups excluding carboxylic acids is 1. The monoisotopic (exact) mass is 224 g/mol. The van der Waals surface area contributed by atoms with Gasteiger partial charge in [0.15, 0.2) is 0 Å². The van der Waals surface area contributed by atoms with Crippen LogP contribution in [0.3, 0.4) is 0 Å². The van der Waals surface area contributed by atoms with Gasteiger partial charge in [-0.25, -0.2) is 0 Å². The SMILES string of the molecule is COC(=O)C(C(F)(F)F)S(=O)(=O)F. The van der Waals surface area contributed by atoms with E-state index in [1.807, 2.05) is 0 Å². The molecule has 0 spiro atoms. The van der Waals surface area contributed by atoms with E-state index in [4.69, 9.17) is 0 Å². The van der Waals surface area contributed by atoms with Gasteiger partial charge in [-0.2, -0.15) is 21.6 Å². The second-order valence-electron chi connectivity index (χ2n) is 1.92. The van der Waals surface area contributed by atoms with Gasteiger partial charge in [0.05, 0.1) is 7.11 Å². The van der Waals surface area contributed by atoms with Crippen LogP contribution in [-0.4, -0.2) is 32.9 Å². The second-order valence-corrected chi connectivity index (χ2v) is 3.34. The van der Waals surface area contributed by atoms with Crippen LogP contribution in [0, 0.1) is 0 Å². The van der Waals surface area contributed by atoms with E-state index in [1.165, 1.54) is 0 Å². The van der Waals surface area contributed by atoms with Crippen LogP contribution < -0.4 is 0 Å². The molecule has 0 fully saturated rings. The Morgan fingerprint density at radius 2 is 1.77 bits per heavy atom. The summed E-state index contributed by atoms with van der Waals surface area (Å²) in [7, 11) is -5.51. The predicted octanol–water partition coefficient (Wildman–Crippen LogP) is 0.390. The van der Waals surface area contributed by atoms with Crippen molar-refractivity contribution in [1.29, 1.82) is 0 Å². The Morgan fingerprint density at radius 1 is 1.38 bits per heavy atom. The Bertz CT molecular complexity index is 292. The Labute approximate surface area is 70.7 Å². The highest BCUT2D eigenvalue weighted by Gasteiger charge is 2.55. The van der Waals surface area contributed by atoms with Crippen molar-refractivity contribution >= 4 is 16.2 Å². The van der Waals surface area contributed by atoms with E-state index in [0.717, 1.165) is 0 Å². The largest absolute Gasteiger partial charge is 0.468 e. The molecule has 0 N–H and O–H groups in total. The van der Waals surface area contributed by atoms with Crippen LogP contribution in [0.1, 0.15) is 0 Å². The molecule has 13 heavy (non-hydrogen) atoms. The summed E-state index contributed by atoms with van der Waals surface area (Å²) < 4.78 is 70.4. The third kappa shape index (κ3) is 3.17. The van der Waals surface area contributed by atoms with E-state index in [9.17, 15) is 30.3 Å². The van der Waals surface area contributed by atoms with E-state index in [-0.39, 0.29) is 0 Å². The number of rotatable bonds is 2. The number of ether oxygens (including phenoxy) is 1. The molecular formula is C4H4F4O4S. The summed E-state index contributed by atoms with van der Waals surface area (Å²) in [5, 5.41) is -3.76. The number of halogens is 4.